The molecule has 0 unspecified atom stereocenters. The Balaban J connectivity index is 2.18. The van der Waals surface area contributed by atoms with Crippen molar-refractivity contribution in [2.45, 2.75) is 48.1 Å². The molecule has 1 amide bonds. The summed E-state index contributed by atoms with van der Waals surface area (Å²) in [7, 11) is -10.2. The molecule has 222 valence electrons. The van der Waals surface area contributed by atoms with E-state index in [1.165, 1.54) is 0 Å². The number of hydrogen-bond acceptors (Lipinski definition) is 7. The standard InChI is InChI=1S/C27H30F3N3O6S2/c1-27(2,14-15-34)33-19(35)13-16-40(36,37)26-21(29)20(28)25(41(31,38)39)22(30)24(26)32-23(17-9-5-3-6-10-17)18-11-7-4-8-12-18/h3-12,23,32,34H,13-16H2,1-2H3,(H,33,35)(H2,31,38,39). The third-order valence-corrected chi connectivity index (χ3v) is 8.87. The number of primary sulfonamides is 1. The largest absolute Gasteiger partial charge is 0.396 e. The molecule has 14 heteroatoms. The number of carbonyl (C=O) groups is 1. The Morgan fingerprint density at radius 2 is 1.37 bits per heavy atom. The van der Waals surface area contributed by atoms with Gasteiger partial charge in [0.1, 0.15) is 4.90 Å². The summed E-state index contributed by atoms with van der Waals surface area (Å²) in [5.41, 5.74) is -1.16. The lowest BCUT2D eigenvalue weighted by Crippen LogP contribution is -2.44. The van der Waals surface area contributed by atoms with Crippen LogP contribution >= 0.6 is 0 Å². The van der Waals surface area contributed by atoms with Crippen molar-refractivity contribution in [1.29, 1.82) is 0 Å². The molecule has 3 aromatic rings. The van der Waals surface area contributed by atoms with Crippen LogP contribution in [0.2, 0.25) is 0 Å². The Bertz CT molecular complexity index is 1580. The van der Waals surface area contributed by atoms with E-state index in [4.69, 9.17) is 10.2 Å². The minimum Gasteiger partial charge on any atom is -0.396 e. The Labute approximate surface area is 236 Å². The van der Waals surface area contributed by atoms with Gasteiger partial charge in [0.2, 0.25) is 15.9 Å². The molecule has 0 bridgehead atoms. The predicted molar refractivity (Wildman–Crippen MR) is 147 cm³/mol. The van der Waals surface area contributed by atoms with Crippen molar-refractivity contribution in [1.82, 2.24) is 5.32 Å². The Morgan fingerprint density at radius 1 is 0.878 bits per heavy atom. The molecule has 3 aromatic carbocycles. The molecule has 0 saturated heterocycles. The lowest BCUT2D eigenvalue weighted by Gasteiger charge is -2.26. The molecule has 0 radical (unpaired) electrons. The summed E-state index contributed by atoms with van der Waals surface area (Å²) in [6, 6.07) is 15.3. The second kappa shape index (κ2) is 12.6. The summed E-state index contributed by atoms with van der Waals surface area (Å²) >= 11 is 0. The number of anilines is 1. The van der Waals surface area contributed by atoms with E-state index in [-0.39, 0.29) is 13.0 Å². The average Bonchev–Trinajstić information content (AvgIpc) is 2.88. The first-order valence-corrected chi connectivity index (χ1v) is 15.5. The van der Waals surface area contributed by atoms with Gasteiger partial charge in [0.05, 0.1) is 17.5 Å². The molecule has 5 N–H and O–H groups in total. The second-order valence-corrected chi connectivity index (χ2v) is 13.4. The molecule has 0 heterocycles. The van der Waals surface area contributed by atoms with Gasteiger partial charge in [0.25, 0.3) is 0 Å². The second-order valence-electron chi connectivity index (χ2n) is 9.89. The number of aliphatic hydroxyl groups is 1. The van der Waals surface area contributed by atoms with Crippen molar-refractivity contribution in [2.24, 2.45) is 5.14 Å². The van der Waals surface area contributed by atoms with Gasteiger partial charge in [-0.25, -0.2) is 35.1 Å². The number of nitrogens with two attached hydrogens (primary N) is 1. The molecular formula is C27H30F3N3O6S2. The van der Waals surface area contributed by atoms with Gasteiger partial charge in [-0.2, -0.15) is 0 Å². The van der Waals surface area contributed by atoms with E-state index in [0.29, 0.717) is 11.1 Å². The topological polar surface area (TPSA) is 156 Å². The maximum absolute atomic E-state index is 15.8. The third-order valence-electron chi connectivity index (χ3n) is 6.20. The normalized spacial score (nSPS) is 12.4. The summed E-state index contributed by atoms with van der Waals surface area (Å²) in [5.74, 6) is -8.27. The molecule has 0 aromatic heterocycles. The zero-order chi connectivity index (χ0) is 30.6. The average molecular weight is 614 g/mol. The third kappa shape index (κ3) is 7.64. The van der Waals surface area contributed by atoms with E-state index < -0.39 is 82.5 Å². The van der Waals surface area contributed by atoms with Crippen LogP contribution in [0.1, 0.15) is 43.9 Å². The zero-order valence-corrected chi connectivity index (χ0v) is 23.8. The Hall–Kier alpha value is -3.46. The highest BCUT2D eigenvalue weighted by molar-refractivity contribution is 7.91. The lowest BCUT2D eigenvalue weighted by atomic mass is 9.98. The highest BCUT2D eigenvalue weighted by atomic mass is 32.2. The number of carbonyl (C=O) groups excluding carboxylic acids is 1. The van der Waals surface area contributed by atoms with Gasteiger partial charge in [0, 0.05) is 18.6 Å². The fraction of sp³-hybridized carbons (Fsp3) is 0.296. The van der Waals surface area contributed by atoms with Crippen LogP contribution in [0.15, 0.2) is 70.5 Å². The van der Waals surface area contributed by atoms with Gasteiger partial charge in [-0.15, -0.1) is 0 Å². The quantitative estimate of drug-likeness (QED) is 0.228. The van der Waals surface area contributed by atoms with Crippen molar-refractivity contribution in [3.63, 3.8) is 0 Å². The predicted octanol–water partition coefficient (Wildman–Crippen LogP) is 3.39. The number of sulfone groups is 1. The minimum absolute atomic E-state index is 0.153. The molecule has 0 spiro atoms. The van der Waals surface area contributed by atoms with E-state index in [1.54, 1.807) is 74.5 Å². The smallest absolute Gasteiger partial charge is 0.244 e. The van der Waals surface area contributed by atoms with E-state index in [9.17, 15) is 26.0 Å². The van der Waals surface area contributed by atoms with Crippen molar-refractivity contribution in [3.05, 3.63) is 89.2 Å². The number of hydrogen-bond donors (Lipinski definition) is 4. The molecule has 0 saturated carbocycles. The van der Waals surface area contributed by atoms with E-state index in [2.05, 4.69) is 10.6 Å². The van der Waals surface area contributed by atoms with E-state index in [0.717, 1.165) is 0 Å². The lowest BCUT2D eigenvalue weighted by molar-refractivity contribution is -0.122. The number of rotatable bonds is 12. The van der Waals surface area contributed by atoms with Crippen LogP contribution in [0, 0.1) is 17.5 Å². The molecule has 0 atom stereocenters. The van der Waals surface area contributed by atoms with Crippen LogP contribution in [-0.2, 0) is 24.7 Å². The maximum Gasteiger partial charge on any atom is 0.244 e. The van der Waals surface area contributed by atoms with Crippen LogP contribution in [0.25, 0.3) is 0 Å². The Kier molecular flexibility index (Phi) is 9.85. The van der Waals surface area contributed by atoms with Gasteiger partial charge >= 0.3 is 0 Å². The summed E-state index contributed by atoms with van der Waals surface area (Å²) in [5, 5.41) is 19.2. The van der Waals surface area contributed by atoms with Crippen LogP contribution in [-0.4, -0.2) is 45.7 Å². The molecule has 0 aliphatic rings. The maximum atomic E-state index is 15.8. The van der Waals surface area contributed by atoms with Gasteiger partial charge in [-0.3, -0.25) is 4.79 Å². The van der Waals surface area contributed by atoms with Crippen LogP contribution in [0.4, 0.5) is 18.9 Å². The van der Waals surface area contributed by atoms with E-state index >= 15 is 8.78 Å². The number of halogens is 3. The molecule has 0 aliphatic carbocycles. The zero-order valence-electron chi connectivity index (χ0n) is 22.2. The first-order chi connectivity index (χ1) is 19.1. The van der Waals surface area contributed by atoms with Crippen molar-refractivity contribution < 1.29 is 39.9 Å². The van der Waals surface area contributed by atoms with Gasteiger partial charge in [-0.1, -0.05) is 60.7 Å². The van der Waals surface area contributed by atoms with Gasteiger partial charge in [-0.05, 0) is 31.4 Å². The number of benzene rings is 3. The monoisotopic (exact) mass is 613 g/mol. The number of amides is 1. The van der Waals surface area contributed by atoms with Crippen molar-refractivity contribution >= 4 is 31.5 Å². The van der Waals surface area contributed by atoms with E-state index in [1.807, 2.05) is 0 Å². The van der Waals surface area contributed by atoms with Gasteiger partial charge in [0.15, 0.2) is 32.2 Å². The highest BCUT2D eigenvalue weighted by Crippen LogP contribution is 2.38. The van der Waals surface area contributed by atoms with Crippen LogP contribution in [0.5, 0.6) is 0 Å². The fourth-order valence-corrected chi connectivity index (χ4v) is 6.37. The van der Waals surface area contributed by atoms with Gasteiger partial charge < -0.3 is 15.7 Å². The van der Waals surface area contributed by atoms with Crippen molar-refractivity contribution in [2.75, 3.05) is 17.7 Å². The number of sulfonamides is 1. The van der Waals surface area contributed by atoms with Crippen LogP contribution < -0.4 is 15.8 Å². The number of nitrogens with one attached hydrogen (secondary N) is 2. The van der Waals surface area contributed by atoms with Crippen LogP contribution in [0.3, 0.4) is 0 Å². The van der Waals surface area contributed by atoms with Crippen molar-refractivity contribution in [3.8, 4) is 0 Å². The summed E-state index contributed by atoms with van der Waals surface area (Å²) in [6.07, 6.45) is -0.572. The first-order valence-electron chi connectivity index (χ1n) is 12.3. The fourth-order valence-electron chi connectivity index (χ4n) is 4.19. The minimum atomic E-state index is -5.20. The summed E-state index contributed by atoms with van der Waals surface area (Å²) in [6.45, 7) is 2.91. The highest BCUT2D eigenvalue weighted by Gasteiger charge is 2.37. The SMILES string of the molecule is CC(C)(CCO)NC(=O)CCS(=O)(=O)c1c(F)c(F)c(S(N)(=O)=O)c(F)c1NC(c1ccccc1)c1ccccc1. The number of aliphatic hydroxyl groups excluding tert-OH is 1. The molecular weight excluding hydrogens is 583 g/mol. The Morgan fingerprint density at radius 3 is 1.83 bits per heavy atom. The molecule has 41 heavy (non-hydrogen) atoms. The summed E-state index contributed by atoms with van der Waals surface area (Å²) in [4.78, 5) is 9.10. The molecule has 0 fully saturated rings. The molecule has 3 rings (SSSR count). The molecule has 9 nitrogen and oxygen atoms in total. The first kappa shape index (κ1) is 32.1. The summed E-state index contributed by atoms with van der Waals surface area (Å²) < 4.78 is 97.1. The molecule has 0 aliphatic heterocycles.